The highest BCUT2D eigenvalue weighted by molar-refractivity contribution is 9.10. The minimum Gasteiger partial charge on any atom is -0.496 e. The second-order valence-corrected chi connectivity index (χ2v) is 7.61. The predicted molar refractivity (Wildman–Crippen MR) is 112 cm³/mol. The number of anilines is 2. The van der Waals surface area contributed by atoms with Crippen LogP contribution in [0.5, 0.6) is 5.75 Å². The third-order valence-electron chi connectivity index (χ3n) is 4.81. The van der Waals surface area contributed by atoms with Gasteiger partial charge in [0.05, 0.1) is 7.11 Å². The molecule has 0 unspecified atom stereocenters. The molecule has 0 atom stereocenters. The first-order valence-electron chi connectivity index (χ1n) is 9.25. The van der Waals surface area contributed by atoms with Gasteiger partial charge in [0.25, 0.3) is 0 Å². The standard InChI is InChI=1S/C19H25BrN6O2/c1-12-23-18(21-2)25-19(24-12)26-8-6-13(7-9-26)17(27)22-11-14-4-5-15(20)10-16(14)28-3/h4-5,10,13H,6-9,11H2,1-3H3,(H,22,27)(H,21,23,24,25). The Balaban J connectivity index is 1.55. The van der Waals surface area contributed by atoms with E-state index in [-0.39, 0.29) is 11.8 Å². The maximum Gasteiger partial charge on any atom is 0.230 e. The lowest BCUT2D eigenvalue weighted by atomic mass is 9.96. The molecule has 2 N–H and O–H groups in total. The monoisotopic (exact) mass is 448 g/mol. The van der Waals surface area contributed by atoms with Crippen molar-refractivity contribution in [3.63, 3.8) is 0 Å². The van der Waals surface area contributed by atoms with E-state index in [1.165, 1.54) is 0 Å². The van der Waals surface area contributed by atoms with Crippen LogP contribution >= 0.6 is 15.9 Å². The molecule has 28 heavy (non-hydrogen) atoms. The van der Waals surface area contributed by atoms with Crippen LogP contribution in [0.15, 0.2) is 22.7 Å². The van der Waals surface area contributed by atoms with Crippen molar-refractivity contribution in [1.29, 1.82) is 0 Å². The van der Waals surface area contributed by atoms with Crippen molar-refractivity contribution in [3.05, 3.63) is 34.1 Å². The summed E-state index contributed by atoms with van der Waals surface area (Å²) >= 11 is 3.43. The molecule has 8 nitrogen and oxygen atoms in total. The number of hydrogen-bond donors (Lipinski definition) is 2. The van der Waals surface area contributed by atoms with E-state index in [9.17, 15) is 4.79 Å². The number of carbonyl (C=O) groups excluding carboxylic acids is 1. The zero-order valence-corrected chi connectivity index (χ0v) is 17.9. The first-order chi connectivity index (χ1) is 13.5. The summed E-state index contributed by atoms with van der Waals surface area (Å²) in [5, 5.41) is 5.99. The van der Waals surface area contributed by atoms with E-state index in [4.69, 9.17) is 4.74 Å². The van der Waals surface area contributed by atoms with E-state index in [2.05, 4.69) is 46.4 Å². The summed E-state index contributed by atoms with van der Waals surface area (Å²) in [5.74, 6) is 2.73. The summed E-state index contributed by atoms with van der Waals surface area (Å²) < 4.78 is 6.33. The van der Waals surface area contributed by atoms with Crippen LogP contribution in [-0.4, -0.2) is 48.1 Å². The normalized spacial score (nSPS) is 14.6. The Morgan fingerprint density at radius 3 is 2.71 bits per heavy atom. The smallest absolute Gasteiger partial charge is 0.230 e. The second-order valence-electron chi connectivity index (χ2n) is 6.69. The van der Waals surface area contributed by atoms with Crippen molar-refractivity contribution < 1.29 is 9.53 Å². The van der Waals surface area contributed by atoms with Gasteiger partial charge in [-0.1, -0.05) is 22.0 Å². The molecule has 1 aliphatic heterocycles. The summed E-state index contributed by atoms with van der Waals surface area (Å²) in [4.78, 5) is 27.8. The highest BCUT2D eigenvalue weighted by Crippen LogP contribution is 2.24. The molecule has 9 heteroatoms. The van der Waals surface area contributed by atoms with Crippen LogP contribution in [0.4, 0.5) is 11.9 Å². The molecule has 2 heterocycles. The largest absolute Gasteiger partial charge is 0.496 e. The lowest BCUT2D eigenvalue weighted by Crippen LogP contribution is -2.41. The average Bonchev–Trinajstić information content (AvgIpc) is 2.72. The lowest BCUT2D eigenvalue weighted by Gasteiger charge is -2.31. The number of aromatic nitrogens is 3. The van der Waals surface area contributed by atoms with Gasteiger partial charge in [-0.15, -0.1) is 0 Å². The fourth-order valence-corrected chi connectivity index (χ4v) is 3.59. The van der Waals surface area contributed by atoms with Gasteiger partial charge in [-0.2, -0.15) is 15.0 Å². The predicted octanol–water partition coefficient (Wildman–Crippen LogP) is 2.53. The molecule has 2 aromatic rings. The van der Waals surface area contributed by atoms with Gasteiger partial charge in [0.2, 0.25) is 17.8 Å². The van der Waals surface area contributed by atoms with Gasteiger partial charge in [-0.3, -0.25) is 4.79 Å². The molecule has 0 spiro atoms. The molecular weight excluding hydrogens is 424 g/mol. The van der Waals surface area contributed by atoms with Gasteiger partial charge in [0.15, 0.2) is 0 Å². The maximum atomic E-state index is 12.6. The zero-order chi connectivity index (χ0) is 20.1. The number of carbonyl (C=O) groups is 1. The molecule has 0 saturated carbocycles. The van der Waals surface area contributed by atoms with E-state index < -0.39 is 0 Å². The van der Waals surface area contributed by atoms with Crippen molar-refractivity contribution >= 4 is 33.7 Å². The Labute approximate surface area is 173 Å². The minimum absolute atomic E-state index is 0.00982. The number of halogens is 1. The molecule has 1 fully saturated rings. The maximum absolute atomic E-state index is 12.6. The van der Waals surface area contributed by atoms with Crippen LogP contribution in [0.3, 0.4) is 0 Å². The number of hydrogen-bond acceptors (Lipinski definition) is 7. The molecule has 1 aromatic carbocycles. The van der Waals surface area contributed by atoms with Crippen molar-refractivity contribution in [2.75, 3.05) is 37.5 Å². The van der Waals surface area contributed by atoms with Crippen LogP contribution in [-0.2, 0) is 11.3 Å². The van der Waals surface area contributed by atoms with Gasteiger partial charge in [0.1, 0.15) is 11.6 Å². The molecule has 1 aliphatic rings. The number of aryl methyl sites for hydroxylation is 1. The van der Waals surface area contributed by atoms with Crippen LogP contribution in [0.1, 0.15) is 24.2 Å². The summed E-state index contributed by atoms with van der Waals surface area (Å²) in [5.41, 5.74) is 0.955. The fourth-order valence-electron chi connectivity index (χ4n) is 3.25. The van der Waals surface area contributed by atoms with Crippen LogP contribution in [0.25, 0.3) is 0 Å². The Morgan fingerprint density at radius 1 is 1.29 bits per heavy atom. The number of nitrogens with zero attached hydrogens (tertiary/aromatic N) is 4. The molecule has 1 amide bonds. The van der Waals surface area contributed by atoms with Gasteiger partial charge in [-0.05, 0) is 31.9 Å². The Kier molecular flexibility index (Phi) is 6.66. The number of nitrogens with one attached hydrogen (secondary N) is 2. The van der Waals surface area contributed by atoms with Crippen LogP contribution in [0.2, 0.25) is 0 Å². The number of methoxy groups -OCH3 is 1. The molecular formula is C19H25BrN6O2. The molecule has 1 aromatic heterocycles. The molecule has 3 rings (SSSR count). The Hall–Kier alpha value is -2.42. The summed E-state index contributed by atoms with van der Waals surface area (Å²) in [6.45, 7) is 3.79. The molecule has 150 valence electrons. The van der Waals surface area contributed by atoms with Crippen LogP contribution in [0, 0.1) is 12.8 Å². The van der Waals surface area contributed by atoms with Crippen molar-refractivity contribution in [3.8, 4) is 5.75 Å². The number of ether oxygens (including phenoxy) is 1. The highest BCUT2D eigenvalue weighted by Gasteiger charge is 2.26. The van der Waals surface area contributed by atoms with E-state index in [1.54, 1.807) is 14.2 Å². The van der Waals surface area contributed by atoms with Gasteiger partial charge in [0, 0.05) is 42.6 Å². The van der Waals surface area contributed by atoms with Crippen molar-refractivity contribution in [2.45, 2.75) is 26.3 Å². The van der Waals surface area contributed by atoms with Gasteiger partial charge < -0.3 is 20.3 Å². The number of benzene rings is 1. The average molecular weight is 449 g/mol. The number of piperidine rings is 1. The van der Waals surface area contributed by atoms with Gasteiger partial charge in [-0.25, -0.2) is 0 Å². The van der Waals surface area contributed by atoms with Crippen LogP contribution < -0.4 is 20.3 Å². The molecule has 0 bridgehead atoms. The number of amides is 1. The van der Waals surface area contributed by atoms with E-state index in [0.29, 0.717) is 24.3 Å². The Bertz CT molecular complexity index is 839. The summed E-state index contributed by atoms with van der Waals surface area (Å²) in [6, 6.07) is 5.79. The first kappa shape index (κ1) is 20.3. The summed E-state index contributed by atoms with van der Waals surface area (Å²) in [7, 11) is 3.42. The van der Waals surface area contributed by atoms with E-state index in [1.807, 2.05) is 25.1 Å². The zero-order valence-electron chi connectivity index (χ0n) is 16.3. The van der Waals surface area contributed by atoms with Gasteiger partial charge >= 0.3 is 0 Å². The second kappa shape index (κ2) is 9.18. The highest BCUT2D eigenvalue weighted by atomic mass is 79.9. The fraction of sp³-hybridized carbons (Fsp3) is 0.474. The molecule has 0 aliphatic carbocycles. The van der Waals surface area contributed by atoms with E-state index in [0.717, 1.165) is 41.7 Å². The Morgan fingerprint density at radius 2 is 2.04 bits per heavy atom. The SMILES string of the molecule is CNc1nc(C)nc(N2CCC(C(=O)NCc3ccc(Br)cc3OC)CC2)n1. The van der Waals surface area contributed by atoms with Crippen molar-refractivity contribution in [1.82, 2.24) is 20.3 Å². The van der Waals surface area contributed by atoms with Crippen molar-refractivity contribution in [2.24, 2.45) is 5.92 Å². The number of rotatable bonds is 6. The summed E-state index contributed by atoms with van der Waals surface area (Å²) in [6.07, 6.45) is 1.53. The third-order valence-corrected chi connectivity index (χ3v) is 5.30. The quantitative estimate of drug-likeness (QED) is 0.700. The molecule has 1 saturated heterocycles. The topological polar surface area (TPSA) is 92.3 Å². The lowest BCUT2D eigenvalue weighted by molar-refractivity contribution is -0.125. The minimum atomic E-state index is -0.00982. The van der Waals surface area contributed by atoms with E-state index >= 15 is 0 Å². The molecule has 0 radical (unpaired) electrons. The third kappa shape index (κ3) is 4.89. The first-order valence-corrected chi connectivity index (χ1v) is 10.0.